The molecule has 0 saturated heterocycles. The molecular weight excluding hydrogens is 346 g/mol. The Balaban J connectivity index is 1.43. The zero-order chi connectivity index (χ0) is 19.1. The van der Waals surface area contributed by atoms with Gasteiger partial charge in [-0.25, -0.2) is 4.98 Å². The van der Waals surface area contributed by atoms with Gasteiger partial charge in [-0.3, -0.25) is 9.69 Å². The van der Waals surface area contributed by atoms with Crippen LogP contribution in [0.3, 0.4) is 0 Å². The molecule has 0 atom stereocenters. The number of benzene rings is 2. The van der Waals surface area contributed by atoms with Crippen LogP contribution in [0.2, 0.25) is 0 Å². The SMILES string of the molecule is CC(=O)Cc1ccc(-c2ccc3nc4n(c3c2)CCN(C2CCC2)CC4)cc1. The monoisotopic (exact) mass is 373 g/mol. The second-order valence-electron chi connectivity index (χ2n) is 8.33. The third-order valence-corrected chi connectivity index (χ3v) is 6.39. The van der Waals surface area contributed by atoms with Crippen molar-refractivity contribution in [2.75, 3.05) is 13.1 Å². The van der Waals surface area contributed by atoms with Crippen molar-refractivity contribution in [2.24, 2.45) is 0 Å². The maximum atomic E-state index is 11.3. The van der Waals surface area contributed by atoms with Crippen molar-refractivity contribution < 1.29 is 4.79 Å². The summed E-state index contributed by atoms with van der Waals surface area (Å²) >= 11 is 0. The van der Waals surface area contributed by atoms with E-state index in [9.17, 15) is 4.79 Å². The molecule has 144 valence electrons. The van der Waals surface area contributed by atoms with Gasteiger partial charge in [-0.2, -0.15) is 0 Å². The molecule has 5 rings (SSSR count). The van der Waals surface area contributed by atoms with Gasteiger partial charge in [-0.15, -0.1) is 0 Å². The molecule has 2 heterocycles. The molecule has 2 aliphatic rings. The first kappa shape index (κ1) is 17.6. The van der Waals surface area contributed by atoms with E-state index < -0.39 is 0 Å². The first-order valence-corrected chi connectivity index (χ1v) is 10.5. The van der Waals surface area contributed by atoms with Gasteiger partial charge in [-0.1, -0.05) is 36.8 Å². The first-order chi connectivity index (χ1) is 13.7. The Labute approximate surface area is 166 Å². The number of nitrogens with zero attached hydrogens (tertiary/aromatic N) is 3. The maximum Gasteiger partial charge on any atom is 0.134 e. The predicted molar refractivity (Wildman–Crippen MR) is 112 cm³/mol. The Hall–Kier alpha value is -2.46. The van der Waals surface area contributed by atoms with Gasteiger partial charge < -0.3 is 4.57 Å². The summed E-state index contributed by atoms with van der Waals surface area (Å²) in [6, 6.07) is 15.8. The third-order valence-electron chi connectivity index (χ3n) is 6.39. The molecular formula is C24H27N3O. The summed E-state index contributed by atoms with van der Waals surface area (Å²) in [5.74, 6) is 1.43. The van der Waals surface area contributed by atoms with Gasteiger partial charge in [0.1, 0.15) is 11.6 Å². The number of Topliss-reactive ketones (excluding diaryl/α,β-unsaturated/α-hetero) is 1. The Morgan fingerprint density at radius 1 is 1.04 bits per heavy atom. The van der Waals surface area contributed by atoms with Crippen LogP contribution in [0.15, 0.2) is 42.5 Å². The number of hydrogen-bond acceptors (Lipinski definition) is 3. The van der Waals surface area contributed by atoms with E-state index in [-0.39, 0.29) is 5.78 Å². The van der Waals surface area contributed by atoms with Crippen molar-refractivity contribution in [3.63, 3.8) is 0 Å². The summed E-state index contributed by atoms with van der Waals surface area (Å²) in [7, 11) is 0. The van der Waals surface area contributed by atoms with E-state index >= 15 is 0 Å². The molecule has 4 nitrogen and oxygen atoms in total. The second kappa shape index (κ2) is 7.17. The van der Waals surface area contributed by atoms with Crippen LogP contribution in [0.5, 0.6) is 0 Å². The minimum atomic E-state index is 0.201. The average molecular weight is 374 g/mol. The van der Waals surface area contributed by atoms with Crippen LogP contribution in [0.25, 0.3) is 22.2 Å². The van der Waals surface area contributed by atoms with Crippen LogP contribution >= 0.6 is 0 Å². The van der Waals surface area contributed by atoms with Gasteiger partial charge in [0.2, 0.25) is 0 Å². The van der Waals surface area contributed by atoms with E-state index in [0.717, 1.165) is 43.2 Å². The summed E-state index contributed by atoms with van der Waals surface area (Å²) in [6.45, 7) is 4.94. The Bertz CT molecular complexity index is 1010. The predicted octanol–water partition coefficient (Wildman–Crippen LogP) is 4.25. The van der Waals surface area contributed by atoms with E-state index in [4.69, 9.17) is 4.98 Å². The molecule has 0 amide bonds. The topological polar surface area (TPSA) is 38.1 Å². The number of ketones is 1. The van der Waals surface area contributed by atoms with Crippen molar-refractivity contribution in [2.45, 2.75) is 51.6 Å². The summed E-state index contributed by atoms with van der Waals surface area (Å²) < 4.78 is 2.43. The molecule has 0 spiro atoms. The maximum absolute atomic E-state index is 11.3. The first-order valence-electron chi connectivity index (χ1n) is 10.5. The molecule has 3 aromatic rings. The second-order valence-corrected chi connectivity index (χ2v) is 8.33. The number of imidazole rings is 1. The number of hydrogen-bond donors (Lipinski definition) is 0. The Morgan fingerprint density at radius 2 is 1.82 bits per heavy atom. The summed E-state index contributed by atoms with van der Waals surface area (Å²) in [5, 5.41) is 0. The van der Waals surface area contributed by atoms with Crippen LogP contribution in [0.4, 0.5) is 0 Å². The van der Waals surface area contributed by atoms with E-state index in [1.54, 1.807) is 6.92 Å². The van der Waals surface area contributed by atoms with Gasteiger partial charge in [0.25, 0.3) is 0 Å². The van der Waals surface area contributed by atoms with Crippen molar-refractivity contribution in [3.8, 4) is 11.1 Å². The van der Waals surface area contributed by atoms with Crippen LogP contribution in [0.1, 0.15) is 37.6 Å². The fourth-order valence-corrected chi connectivity index (χ4v) is 4.60. The van der Waals surface area contributed by atoms with E-state index in [1.807, 2.05) is 0 Å². The highest BCUT2D eigenvalue weighted by Gasteiger charge is 2.27. The minimum Gasteiger partial charge on any atom is -0.327 e. The summed E-state index contributed by atoms with van der Waals surface area (Å²) in [4.78, 5) is 18.9. The number of carbonyl (C=O) groups is 1. The quantitative estimate of drug-likeness (QED) is 0.686. The Morgan fingerprint density at radius 3 is 2.54 bits per heavy atom. The standard InChI is InChI=1S/C24H27N3O/c1-17(28)15-18-5-7-19(8-6-18)20-9-10-22-23(16-20)27-14-13-26(21-3-2-4-21)12-11-24(27)25-22/h5-10,16,21H,2-4,11-15H2,1H3. The molecule has 0 unspecified atom stereocenters. The lowest BCUT2D eigenvalue weighted by atomic mass is 9.91. The minimum absolute atomic E-state index is 0.201. The van der Waals surface area contributed by atoms with Crippen LogP contribution in [-0.2, 0) is 24.2 Å². The highest BCUT2D eigenvalue weighted by atomic mass is 16.1. The third kappa shape index (κ3) is 3.26. The van der Waals surface area contributed by atoms with Gasteiger partial charge >= 0.3 is 0 Å². The summed E-state index contributed by atoms with van der Waals surface area (Å²) in [6.07, 6.45) is 5.68. The highest BCUT2D eigenvalue weighted by molar-refractivity contribution is 5.83. The van der Waals surface area contributed by atoms with Crippen LogP contribution in [-0.4, -0.2) is 39.4 Å². The van der Waals surface area contributed by atoms with Gasteiger partial charge in [-0.05, 0) is 48.6 Å². The molecule has 4 heteroatoms. The van der Waals surface area contributed by atoms with Crippen molar-refractivity contribution >= 4 is 16.8 Å². The van der Waals surface area contributed by atoms with Crippen LogP contribution < -0.4 is 0 Å². The Kier molecular flexibility index (Phi) is 4.52. The smallest absolute Gasteiger partial charge is 0.134 e. The number of aromatic nitrogens is 2. The summed E-state index contributed by atoms with van der Waals surface area (Å²) in [5.41, 5.74) is 5.82. The van der Waals surface area contributed by atoms with Crippen LogP contribution in [0, 0.1) is 0 Å². The number of carbonyl (C=O) groups excluding carboxylic acids is 1. The molecule has 0 bridgehead atoms. The number of rotatable bonds is 4. The van der Waals surface area contributed by atoms with Crippen molar-refractivity contribution in [3.05, 3.63) is 53.9 Å². The molecule has 1 aliphatic carbocycles. The van der Waals surface area contributed by atoms with E-state index in [0.29, 0.717) is 6.42 Å². The fraction of sp³-hybridized carbons (Fsp3) is 0.417. The lowest BCUT2D eigenvalue weighted by molar-refractivity contribution is -0.116. The van der Waals surface area contributed by atoms with E-state index in [2.05, 4.69) is 51.9 Å². The molecule has 0 N–H and O–H groups in total. The van der Waals surface area contributed by atoms with Gasteiger partial charge in [0, 0.05) is 38.5 Å². The average Bonchev–Trinajstić information content (AvgIpc) is 2.86. The van der Waals surface area contributed by atoms with Crippen molar-refractivity contribution in [1.29, 1.82) is 0 Å². The highest BCUT2D eigenvalue weighted by Crippen LogP contribution is 2.29. The molecule has 1 aliphatic heterocycles. The fourth-order valence-electron chi connectivity index (χ4n) is 4.60. The lowest BCUT2D eigenvalue weighted by Gasteiger charge is -2.36. The molecule has 1 fully saturated rings. The zero-order valence-electron chi connectivity index (χ0n) is 16.5. The van der Waals surface area contributed by atoms with Gasteiger partial charge in [0.15, 0.2) is 0 Å². The molecule has 2 aromatic carbocycles. The zero-order valence-corrected chi connectivity index (χ0v) is 16.5. The molecule has 0 radical (unpaired) electrons. The number of fused-ring (bicyclic) bond motifs is 3. The van der Waals surface area contributed by atoms with Gasteiger partial charge in [0.05, 0.1) is 11.0 Å². The molecule has 1 saturated carbocycles. The van der Waals surface area contributed by atoms with E-state index in [1.165, 1.54) is 41.7 Å². The largest absolute Gasteiger partial charge is 0.327 e. The normalized spacial score (nSPS) is 17.9. The molecule has 28 heavy (non-hydrogen) atoms. The van der Waals surface area contributed by atoms with Crippen molar-refractivity contribution in [1.82, 2.24) is 14.5 Å². The molecule has 1 aromatic heterocycles. The lowest BCUT2D eigenvalue weighted by Crippen LogP contribution is -2.41.